The van der Waals surface area contributed by atoms with Crippen LogP contribution in [0.25, 0.3) is 11.0 Å². The zero-order chi connectivity index (χ0) is 17.2. The number of halogens is 1. The Labute approximate surface area is 155 Å². The Morgan fingerprint density at radius 1 is 1.08 bits per heavy atom. The second-order valence-electron chi connectivity index (χ2n) is 6.51. The van der Waals surface area contributed by atoms with Gasteiger partial charge >= 0.3 is 0 Å². The Morgan fingerprint density at radius 3 is 2.60 bits per heavy atom. The third kappa shape index (κ3) is 3.61. The molecule has 0 radical (unpaired) electrons. The number of nitrogens with zero attached hydrogens (tertiary/aromatic N) is 4. The first-order valence-electron chi connectivity index (χ1n) is 8.68. The number of nitrogens with one attached hydrogen (secondary N) is 2. The maximum atomic E-state index is 4.73. The number of rotatable bonds is 4. The maximum absolute atomic E-state index is 4.73. The van der Waals surface area contributed by atoms with Crippen LogP contribution >= 0.6 is 15.9 Å². The molecule has 2 aromatic heterocycles. The van der Waals surface area contributed by atoms with Gasteiger partial charge in [0.05, 0.1) is 11.6 Å². The first-order chi connectivity index (χ1) is 12.2. The van der Waals surface area contributed by atoms with Crippen molar-refractivity contribution >= 4 is 44.4 Å². The van der Waals surface area contributed by atoms with Gasteiger partial charge in [-0.25, -0.2) is 0 Å². The molecule has 1 aliphatic carbocycles. The molecule has 0 atom stereocenters. The van der Waals surface area contributed by atoms with Gasteiger partial charge in [0.15, 0.2) is 5.65 Å². The average Bonchev–Trinajstić information content (AvgIpc) is 2.99. The molecule has 0 unspecified atom stereocenters. The van der Waals surface area contributed by atoms with Gasteiger partial charge in [0.25, 0.3) is 0 Å². The van der Waals surface area contributed by atoms with Crippen molar-refractivity contribution in [1.29, 1.82) is 0 Å². The van der Waals surface area contributed by atoms with E-state index >= 15 is 0 Å². The number of benzene rings is 1. The smallest absolute Gasteiger partial charge is 0.231 e. The van der Waals surface area contributed by atoms with Gasteiger partial charge < -0.3 is 10.6 Å². The second-order valence-corrected chi connectivity index (χ2v) is 7.43. The lowest BCUT2D eigenvalue weighted by Gasteiger charge is -2.23. The van der Waals surface area contributed by atoms with E-state index in [1.807, 2.05) is 37.5 Å². The average molecular weight is 401 g/mol. The normalized spacial score (nSPS) is 15.4. The van der Waals surface area contributed by atoms with E-state index < -0.39 is 0 Å². The third-order valence-electron chi connectivity index (χ3n) is 4.64. The molecule has 1 aromatic carbocycles. The molecule has 1 fully saturated rings. The third-order valence-corrected chi connectivity index (χ3v) is 5.17. The SMILES string of the molecule is Cn1ncc2c(NC3CCCCC3)nc(Nc3ccc(Br)cc3)nc21. The largest absolute Gasteiger partial charge is 0.367 e. The van der Waals surface area contributed by atoms with Gasteiger partial charge in [-0.15, -0.1) is 0 Å². The highest BCUT2D eigenvalue weighted by Crippen LogP contribution is 2.27. The predicted molar refractivity (Wildman–Crippen MR) is 104 cm³/mol. The maximum Gasteiger partial charge on any atom is 0.231 e. The van der Waals surface area contributed by atoms with E-state index in [-0.39, 0.29) is 0 Å². The van der Waals surface area contributed by atoms with Gasteiger partial charge in [0, 0.05) is 23.2 Å². The summed E-state index contributed by atoms with van der Waals surface area (Å²) in [6, 6.07) is 8.45. The lowest BCUT2D eigenvalue weighted by atomic mass is 9.95. The topological polar surface area (TPSA) is 67.7 Å². The van der Waals surface area contributed by atoms with Gasteiger partial charge in [-0.3, -0.25) is 4.68 Å². The number of aryl methyl sites for hydroxylation is 1. The van der Waals surface area contributed by atoms with E-state index in [0.29, 0.717) is 12.0 Å². The van der Waals surface area contributed by atoms with Crippen LogP contribution in [0.4, 0.5) is 17.5 Å². The summed E-state index contributed by atoms with van der Waals surface area (Å²) in [5.41, 5.74) is 1.78. The van der Waals surface area contributed by atoms with Crippen LogP contribution < -0.4 is 10.6 Å². The molecule has 0 aliphatic heterocycles. The van der Waals surface area contributed by atoms with Crippen LogP contribution in [0.3, 0.4) is 0 Å². The Kier molecular flexibility index (Phi) is 4.57. The minimum Gasteiger partial charge on any atom is -0.367 e. The Bertz CT molecular complexity index is 867. The number of hydrogen-bond donors (Lipinski definition) is 2. The summed E-state index contributed by atoms with van der Waals surface area (Å²) < 4.78 is 2.83. The fourth-order valence-electron chi connectivity index (χ4n) is 3.29. The molecular formula is C18H21BrN6. The summed E-state index contributed by atoms with van der Waals surface area (Å²) in [5.74, 6) is 1.45. The van der Waals surface area contributed by atoms with Gasteiger partial charge in [0.2, 0.25) is 5.95 Å². The van der Waals surface area contributed by atoms with Crippen LogP contribution in [-0.2, 0) is 7.05 Å². The molecule has 4 rings (SSSR count). The number of anilines is 3. The van der Waals surface area contributed by atoms with E-state index in [0.717, 1.165) is 27.0 Å². The minimum absolute atomic E-state index is 0.479. The Balaban J connectivity index is 1.66. The molecule has 130 valence electrons. The van der Waals surface area contributed by atoms with E-state index in [1.54, 1.807) is 4.68 Å². The van der Waals surface area contributed by atoms with Crippen molar-refractivity contribution < 1.29 is 0 Å². The highest BCUT2D eigenvalue weighted by atomic mass is 79.9. The van der Waals surface area contributed by atoms with Gasteiger partial charge in [-0.05, 0) is 37.1 Å². The van der Waals surface area contributed by atoms with Gasteiger partial charge in [0.1, 0.15) is 5.82 Å². The van der Waals surface area contributed by atoms with E-state index in [1.165, 1.54) is 32.1 Å². The fraction of sp³-hybridized carbons (Fsp3) is 0.389. The molecule has 2 N–H and O–H groups in total. The minimum atomic E-state index is 0.479. The van der Waals surface area contributed by atoms with E-state index in [9.17, 15) is 0 Å². The van der Waals surface area contributed by atoms with Crippen molar-refractivity contribution in [2.75, 3.05) is 10.6 Å². The summed E-state index contributed by atoms with van der Waals surface area (Å²) in [6.07, 6.45) is 8.12. The van der Waals surface area contributed by atoms with Crippen LogP contribution in [0.5, 0.6) is 0 Å². The molecule has 0 spiro atoms. The van der Waals surface area contributed by atoms with Crippen molar-refractivity contribution in [2.24, 2.45) is 7.05 Å². The summed E-state index contributed by atoms with van der Waals surface area (Å²) >= 11 is 3.45. The van der Waals surface area contributed by atoms with Crippen LogP contribution in [-0.4, -0.2) is 25.8 Å². The molecule has 1 saturated carbocycles. The molecule has 25 heavy (non-hydrogen) atoms. The van der Waals surface area contributed by atoms with Gasteiger partial charge in [-0.2, -0.15) is 15.1 Å². The van der Waals surface area contributed by atoms with Crippen LogP contribution in [0.1, 0.15) is 32.1 Å². The lowest BCUT2D eigenvalue weighted by molar-refractivity contribution is 0.462. The Morgan fingerprint density at radius 2 is 1.84 bits per heavy atom. The highest BCUT2D eigenvalue weighted by molar-refractivity contribution is 9.10. The summed E-state index contributed by atoms with van der Waals surface area (Å²) in [6.45, 7) is 0. The second kappa shape index (κ2) is 7.00. The standard InChI is InChI=1S/C18H21BrN6/c1-25-17-15(11-20-25)16(21-13-5-3-2-4-6-13)23-18(24-17)22-14-9-7-12(19)8-10-14/h7-11,13H,2-6H2,1H3,(H2,21,22,23,24). The number of hydrogen-bond acceptors (Lipinski definition) is 5. The first kappa shape index (κ1) is 16.3. The molecule has 3 aromatic rings. The fourth-order valence-corrected chi connectivity index (χ4v) is 3.56. The summed E-state index contributed by atoms with van der Waals surface area (Å²) in [4.78, 5) is 9.36. The number of aromatic nitrogens is 4. The number of fused-ring (bicyclic) bond motifs is 1. The molecule has 0 bridgehead atoms. The van der Waals surface area contributed by atoms with Gasteiger partial charge in [-0.1, -0.05) is 35.2 Å². The van der Waals surface area contributed by atoms with Crippen LogP contribution in [0.2, 0.25) is 0 Å². The van der Waals surface area contributed by atoms with Crippen molar-refractivity contribution in [3.63, 3.8) is 0 Å². The molecular weight excluding hydrogens is 380 g/mol. The van der Waals surface area contributed by atoms with Crippen molar-refractivity contribution in [3.8, 4) is 0 Å². The van der Waals surface area contributed by atoms with Crippen LogP contribution in [0.15, 0.2) is 34.9 Å². The molecule has 1 aliphatic rings. The molecule has 2 heterocycles. The van der Waals surface area contributed by atoms with Crippen molar-refractivity contribution in [2.45, 2.75) is 38.1 Å². The van der Waals surface area contributed by atoms with Crippen LogP contribution in [0, 0.1) is 0 Å². The summed E-state index contributed by atoms with van der Waals surface area (Å²) in [5, 5.41) is 12.2. The first-order valence-corrected chi connectivity index (χ1v) is 9.47. The monoisotopic (exact) mass is 400 g/mol. The van der Waals surface area contributed by atoms with E-state index in [4.69, 9.17) is 4.98 Å². The zero-order valence-electron chi connectivity index (χ0n) is 14.2. The van der Waals surface area contributed by atoms with Crippen molar-refractivity contribution in [3.05, 3.63) is 34.9 Å². The zero-order valence-corrected chi connectivity index (χ0v) is 15.8. The highest BCUT2D eigenvalue weighted by Gasteiger charge is 2.17. The quantitative estimate of drug-likeness (QED) is 0.668. The predicted octanol–water partition coefficient (Wildman–Crippen LogP) is 4.61. The molecule has 7 heteroatoms. The molecule has 0 saturated heterocycles. The molecule has 6 nitrogen and oxygen atoms in total. The van der Waals surface area contributed by atoms with E-state index in [2.05, 4.69) is 36.6 Å². The molecule has 0 amide bonds. The lowest BCUT2D eigenvalue weighted by Crippen LogP contribution is -2.23. The van der Waals surface area contributed by atoms with Crippen molar-refractivity contribution in [1.82, 2.24) is 19.7 Å². The summed E-state index contributed by atoms with van der Waals surface area (Å²) in [7, 11) is 1.91. The Hall–Kier alpha value is -2.15.